The molecule has 2 rings (SSSR count). The smallest absolute Gasteiger partial charge is 0.0678 e. The van der Waals surface area contributed by atoms with Gasteiger partial charge in [-0.25, -0.2) is 0 Å². The summed E-state index contributed by atoms with van der Waals surface area (Å²) in [7, 11) is 0. The first-order valence-electron chi connectivity index (χ1n) is 10.4. The van der Waals surface area contributed by atoms with Crippen molar-refractivity contribution in [2.75, 3.05) is 19.6 Å². The third-order valence-corrected chi connectivity index (χ3v) is 5.16. The molecule has 1 aromatic rings. The molecule has 2 heterocycles. The van der Waals surface area contributed by atoms with Crippen molar-refractivity contribution in [1.29, 1.82) is 0 Å². The first-order valence-corrected chi connectivity index (χ1v) is 10.4. The lowest BCUT2D eigenvalue weighted by molar-refractivity contribution is -0.0683. The number of ether oxygens (including phenoxy) is 1. The van der Waals surface area contributed by atoms with Crippen molar-refractivity contribution in [2.45, 2.75) is 105 Å². The molecule has 150 valence electrons. The van der Waals surface area contributed by atoms with Crippen molar-refractivity contribution in [2.24, 2.45) is 0 Å². The molecule has 4 nitrogen and oxygen atoms in total. The molecule has 4 heteroatoms. The van der Waals surface area contributed by atoms with Crippen LogP contribution in [0.5, 0.6) is 0 Å². The summed E-state index contributed by atoms with van der Waals surface area (Å²) in [4.78, 5) is 2.55. The summed E-state index contributed by atoms with van der Waals surface area (Å²) in [6, 6.07) is 0. The summed E-state index contributed by atoms with van der Waals surface area (Å²) >= 11 is 0. The van der Waals surface area contributed by atoms with Crippen molar-refractivity contribution in [3.05, 3.63) is 17.0 Å². The fraction of sp³-hybridized carbons (Fsp3) is 0.864. The van der Waals surface area contributed by atoms with E-state index in [2.05, 4.69) is 71.9 Å². The Bertz CT molecular complexity index is 582. The Labute approximate surface area is 161 Å². The summed E-state index contributed by atoms with van der Waals surface area (Å²) in [5, 5.41) is 5.05. The first-order chi connectivity index (χ1) is 11.9. The van der Waals surface area contributed by atoms with Crippen LogP contribution in [0.1, 0.15) is 85.7 Å². The number of aromatic nitrogens is 2. The van der Waals surface area contributed by atoms with Crippen LogP contribution in [0.4, 0.5) is 0 Å². The second kappa shape index (κ2) is 8.02. The molecule has 0 unspecified atom stereocenters. The zero-order chi connectivity index (χ0) is 19.7. The van der Waals surface area contributed by atoms with Crippen molar-refractivity contribution in [3.63, 3.8) is 0 Å². The highest BCUT2D eigenvalue weighted by molar-refractivity contribution is 5.37. The standard InChI is InChI=1S/C22H41N3O/c1-10-18-19(21(4,5)6)20(22(7,8)9)25(23-18)13-11-12-24-14-16(2)26-17(3)15-24/h16-17H,10-15H2,1-9H3/t16-,17+. The number of hydrogen-bond acceptors (Lipinski definition) is 3. The number of rotatable bonds is 5. The Hall–Kier alpha value is -0.870. The third kappa shape index (κ3) is 5.10. The molecule has 1 aromatic heterocycles. The van der Waals surface area contributed by atoms with E-state index in [0.717, 1.165) is 39.0 Å². The van der Waals surface area contributed by atoms with Crippen molar-refractivity contribution >= 4 is 0 Å². The van der Waals surface area contributed by atoms with Gasteiger partial charge in [0.05, 0.1) is 17.9 Å². The average Bonchev–Trinajstić information content (AvgIpc) is 2.85. The molecule has 26 heavy (non-hydrogen) atoms. The fourth-order valence-electron chi connectivity index (χ4n) is 4.38. The lowest BCUT2D eigenvalue weighted by Crippen LogP contribution is -2.45. The molecule has 2 atom stereocenters. The molecule has 1 fully saturated rings. The van der Waals surface area contributed by atoms with Crippen LogP contribution < -0.4 is 0 Å². The zero-order valence-corrected chi connectivity index (χ0v) is 18.6. The van der Waals surface area contributed by atoms with Gasteiger partial charge in [-0.1, -0.05) is 48.5 Å². The van der Waals surface area contributed by atoms with Crippen molar-refractivity contribution < 1.29 is 4.74 Å². The number of aryl methyl sites for hydroxylation is 2. The van der Waals surface area contributed by atoms with Crippen LogP contribution in [0.25, 0.3) is 0 Å². The Morgan fingerprint density at radius 3 is 2.00 bits per heavy atom. The maximum Gasteiger partial charge on any atom is 0.0678 e. The van der Waals surface area contributed by atoms with Crippen LogP contribution >= 0.6 is 0 Å². The van der Waals surface area contributed by atoms with Gasteiger partial charge in [-0.15, -0.1) is 0 Å². The second-order valence-electron chi connectivity index (χ2n) is 10.1. The van der Waals surface area contributed by atoms with E-state index in [1.165, 1.54) is 17.0 Å². The largest absolute Gasteiger partial charge is 0.373 e. The summed E-state index contributed by atoms with van der Waals surface area (Å²) in [5.41, 5.74) is 4.38. The second-order valence-corrected chi connectivity index (χ2v) is 10.1. The summed E-state index contributed by atoms with van der Waals surface area (Å²) in [6.07, 6.45) is 2.82. The number of nitrogens with zero attached hydrogens (tertiary/aromatic N) is 3. The molecule has 0 aliphatic carbocycles. The highest BCUT2D eigenvalue weighted by atomic mass is 16.5. The summed E-state index contributed by atoms with van der Waals surface area (Å²) in [5.74, 6) is 0. The number of hydrogen-bond donors (Lipinski definition) is 0. The molecule has 0 amide bonds. The molecule has 0 N–H and O–H groups in total. The third-order valence-electron chi connectivity index (χ3n) is 5.16. The normalized spacial score (nSPS) is 22.8. The van der Waals surface area contributed by atoms with Crippen LogP contribution in [0.3, 0.4) is 0 Å². The van der Waals surface area contributed by atoms with Crippen molar-refractivity contribution in [3.8, 4) is 0 Å². The van der Waals surface area contributed by atoms with E-state index in [4.69, 9.17) is 9.84 Å². The van der Waals surface area contributed by atoms with Gasteiger partial charge in [0.25, 0.3) is 0 Å². The minimum Gasteiger partial charge on any atom is -0.373 e. The van der Waals surface area contributed by atoms with Gasteiger partial charge in [0, 0.05) is 42.9 Å². The van der Waals surface area contributed by atoms with Crippen LogP contribution in [0.15, 0.2) is 0 Å². The van der Waals surface area contributed by atoms with Gasteiger partial charge in [0.15, 0.2) is 0 Å². The van der Waals surface area contributed by atoms with E-state index in [1.54, 1.807) is 0 Å². The highest BCUT2D eigenvalue weighted by Crippen LogP contribution is 2.36. The van der Waals surface area contributed by atoms with E-state index < -0.39 is 0 Å². The predicted octanol–water partition coefficient (Wildman–Crippen LogP) is 4.54. The molecule has 0 spiro atoms. The van der Waals surface area contributed by atoms with E-state index in [-0.39, 0.29) is 10.8 Å². The van der Waals surface area contributed by atoms with E-state index in [1.807, 2.05) is 0 Å². The maximum atomic E-state index is 5.86. The van der Waals surface area contributed by atoms with Crippen LogP contribution in [-0.4, -0.2) is 46.5 Å². The SMILES string of the molecule is CCc1nn(CCCN2C[C@@H](C)O[C@@H](C)C2)c(C(C)(C)C)c1C(C)(C)C. The van der Waals surface area contributed by atoms with Gasteiger partial charge in [-0.2, -0.15) is 5.10 Å². The average molecular weight is 364 g/mol. The highest BCUT2D eigenvalue weighted by Gasteiger charge is 2.32. The van der Waals surface area contributed by atoms with E-state index in [0.29, 0.717) is 12.2 Å². The Morgan fingerprint density at radius 1 is 0.962 bits per heavy atom. The minimum absolute atomic E-state index is 0.102. The van der Waals surface area contributed by atoms with Gasteiger partial charge in [-0.05, 0) is 32.1 Å². The van der Waals surface area contributed by atoms with Gasteiger partial charge in [0.1, 0.15) is 0 Å². The topological polar surface area (TPSA) is 30.3 Å². The van der Waals surface area contributed by atoms with Gasteiger partial charge < -0.3 is 4.74 Å². The van der Waals surface area contributed by atoms with Gasteiger partial charge >= 0.3 is 0 Å². The fourth-order valence-corrected chi connectivity index (χ4v) is 4.38. The lowest BCUT2D eigenvalue weighted by atomic mass is 9.77. The first kappa shape index (κ1) is 21.4. The lowest BCUT2D eigenvalue weighted by Gasteiger charge is -2.35. The van der Waals surface area contributed by atoms with Gasteiger partial charge in [-0.3, -0.25) is 9.58 Å². The zero-order valence-electron chi connectivity index (χ0n) is 18.6. The Kier molecular flexibility index (Phi) is 6.61. The van der Waals surface area contributed by atoms with E-state index in [9.17, 15) is 0 Å². The quantitative estimate of drug-likeness (QED) is 0.769. The molecule has 0 saturated carbocycles. The Balaban J connectivity index is 2.17. The molecule has 0 radical (unpaired) electrons. The maximum absolute atomic E-state index is 5.86. The van der Waals surface area contributed by atoms with Crippen LogP contribution in [-0.2, 0) is 28.5 Å². The summed E-state index contributed by atoms with van der Waals surface area (Å²) in [6.45, 7) is 24.7. The van der Waals surface area contributed by atoms with Crippen molar-refractivity contribution in [1.82, 2.24) is 14.7 Å². The molecule has 1 aliphatic heterocycles. The molecule has 1 saturated heterocycles. The summed E-state index contributed by atoms with van der Waals surface area (Å²) < 4.78 is 8.17. The molecular weight excluding hydrogens is 322 g/mol. The van der Waals surface area contributed by atoms with Crippen LogP contribution in [0, 0.1) is 0 Å². The number of morpholine rings is 1. The molecule has 0 bridgehead atoms. The van der Waals surface area contributed by atoms with E-state index >= 15 is 0 Å². The Morgan fingerprint density at radius 2 is 1.54 bits per heavy atom. The molecular formula is C22H41N3O. The predicted molar refractivity (Wildman–Crippen MR) is 110 cm³/mol. The minimum atomic E-state index is 0.102. The molecule has 0 aromatic carbocycles. The van der Waals surface area contributed by atoms with Crippen LogP contribution in [0.2, 0.25) is 0 Å². The van der Waals surface area contributed by atoms with Gasteiger partial charge in [0.2, 0.25) is 0 Å². The molecule has 1 aliphatic rings. The monoisotopic (exact) mass is 363 g/mol.